The highest BCUT2D eigenvalue weighted by molar-refractivity contribution is 5.83. The molecule has 6 heteroatoms. The van der Waals surface area contributed by atoms with E-state index in [2.05, 4.69) is 5.32 Å². The summed E-state index contributed by atoms with van der Waals surface area (Å²) in [4.78, 5) is 32.8. The van der Waals surface area contributed by atoms with Gasteiger partial charge in [0, 0.05) is 12.8 Å². The predicted molar refractivity (Wildman–Crippen MR) is 65.1 cm³/mol. The lowest BCUT2D eigenvalue weighted by Crippen LogP contribution is -2.42. The van der Waals surface area contributed by atoms with E-state index in [0.29, 0.717) is 0 Å². The predicted octanol–water partition coefficient (Wildman–Crippen LogP) is 1.25. The van der Waals surface area contributed by atoms with E-state index < -0.39 is 18.0 Å². The van der Waals surface area contributed by atoms with Crippen molar-refractivity contribution in [3.63, 3.8) is 0 Å². The van der Waals surface area contributed by atoms with Gasteiger partial charge in [-0.25, -0.2) is 4.79 Å². The minimum atomic E-state index is -1.14. The van der Waals surface area contributed by atoms with Gasteiger partial charge in [-0.05, 0) is 18.3 Å². The number of hydrogen-bond acceptors (Lipinski definition) is 3. The number of nitrogens with one attached hydrogen (secondary N) is 1. The molecule has 0 aromatic heterocycles. The number of aliphatic carboxylic acids is 2. The molecule has 0 radical (unpaired) electrons. The second-order valence-electron chi connectivity index (χ2n) is 5.48. The van der Waals surface area contributed by atoms with Crippen molar-refractivity contribution in [2.45, 2.75) is 52.5 Å². The zero-order valence-electron chi connectivity index (χ0n) is 11.0. The summed E-state index contributed by atoms with van der Waals surface area (Å²) < 4.78 is 0. The summed E-state index contributed by atoms with van der Waals surface area (Å²) in [5.41, 5.74) is -0.214. The van der Waals surface area contributed by atoms with Crippen molar-refractivity contribution in [3.05, 3.63) is 0 Å². The maximum Gasteiger partial charge on any atom is 0.326 e. The number of carbonyl (C=O) groups excluding carboxylic acids is 1. The third kappa shape index (κ3) is 8.55. The number of hydrogen-bond donors (Lipinski definition) is 3. The summed E-state index contributed by atoms with van der Waals surface area (Å²) in [5.74, 6) is -2.44. The minimum absolute atomic E-state index is 0.0983. The van der Waals surface area contributed by atoms with Crippen molar-refractivity contribution in [2.75, 3.05) is 0 Å². The van der Waals surface area contributed by atoms with Crippen LogP contribution in [0.15, 0.2) is 0 Å². The molecular weight excluding hydrogens is 238 g/mol. The SMILES string of the molecule is CC(C)(C)CC(=O)N[C@H](CCCC(=O)O)C(=O)O. The van der Waals surface area contributed by atoms with Crippen LogP contribution >= 0.6 is 0 Å². The maximum atomic E-state index is 11.6. The summed E-state index contributed by atoms with van der Waals surface area (Å²) in [7, 11) is 0. The van der Waals surface area contributed by atoms with E-state index in [-0.39, 0.29) is 37.0 Å². The number of carbonyl (C=O) groups is 3. The molecular formula is C12H21NO5. The van der Waals surface area contributed by atoms with E-state index in [1.165, 1.54) is 0 Å². The monoisotopic (exact) mass is 259 g/mol. The lowest BCUT2D eigenvalue weighted by molar-refractivity contribution is -0.143. The Morgan fingerprint density at radius 2 is 1.72 bits per heavy atom. The van der Waals surface area contributed by atoms with Gasteiger partial charge in [0.15, 0.2) is 0 Å². The van der Waals surface area contributed by atoms with Crippen LogP contribution in [-0.4, -0.2) is 34.1 Å². The van der Waals surface area contributed by atoms with E-state index in [0.717, 1.165) is 0 Å². The Morgan fingerprint density at radius 3 is 2.11 bits per heavy atom. The molecule has 0 rings (SSSR count). The van der Waals surface area contributed by atoms with Crippen LogP contribution in [0.4, 0.5) is 0 Å². The van der Waals surface area contributed by atoms with Gasteiger partial charge < -0.3 is 15.5 Å². The van der Waals surface area contributed by atoms with Gasteiger partial charge in [0.1, 0.15) is 6.04 Å². The average Bonchev–Trinajstić information content (AvgIpc) is 2.12. The van der Waals surface area contributed by atoms with Crippen LogP contribution in [0.1, 0.15) is 46.5 Å². The first kappa shape index (κ1) is 16.4. The summed E-state index contributed by atoms with van der Waals surface area (Å²) in [6.45, 7) is 5.65. The number of carboxylic acids is 2. The van der Waals surface area contributed by atoms with E-state index in [1.54, 1.807) is 0 Å². The number of amides is 1. The highest BCUT2D eigenvalue weighted by atomic mass is 16.4. The zero-order valence-corrected chi connectivity index (χ0v) is 11.0. The van der Waals surface area contributed by atoms with Crippen molar-refractivity contribution in [2.24, 2.45) is 5.41 Å². The summed E-state index contributed by atoms with van der Waals surface area (Å²) in [6, 6.07) is -1.01. The standard InChI is InChI=1S/C12H21NO5/c1-12(2,3)7-9(14)13-8(11(17)18)5-4-6-10(15)16/h8H,4-7H2,1-3H3,(H,13,14)(H,15,16)(H,17,18)/t8-/m1/s1. The molecule has 0 saturated heterocycles. The van der Waals surface area contributed by atoms with Gasteiger partial charge in [-0.15, -0.1) is 0 Å². The molecule has 1 amide bonds. The molecule has 0 aliphatic rings. The van der Waals surface area contributed by atoms with Gasteiger partial charge in [-0.1, -0.05) is 20.8 Å². The average molecular weight is 259 g/mol. The molecule has 0 aromatic rings. The van der Waals surface area contributed by atoms with Gasteiger partial charge in [-0.3, -0.25) is 9.59 Å². The second-order valence-corrected chi connectivity index (χ2v) is 5.48. The van der Waals surface area contributed by atoms with Crippen molar-refractivity contribution in [3.8, 4) is 0 Å². The number of carboxylic acid groups (broad SMARTS) is 2. The molecule has 0 aliphatic heterocycles. The minimum Gasteiger partial charge on any atom is -0.481 e. The highest BCUT2D eigenvalue weighted by Crippen LogP contribution is 2.18. The maximum absolute atomic E-state index is 11.6. The molecule has 3 N–H and O–H groups in total. The Labute approximate surface area is 106 Å². The molecule has 6 nitrogen and oxygen atoms in total. The van der Waals surface area contributed by atoms with Crippen LogP contribution in [0.3, 0.4) is 0 Å². The third-order valence-electron chi connectivity index (χ3n) is 2.21. The third-order valence-corrected chi connectivity index (χ3v) is 2.21. The fourth-order valence-electron chi connectivity index (χ4n) is 1.44. The smallest absolute Gasteiger partial charge is 0.326 e. The van der Waals surface area contributed by atoms with E-state index in [4.69, 9.17) is 10.2 Å². The van der Waals surface area contributed by atoms with Gasteiger partial charge in [0.05, 0.1) is 0 Å². The molecule has 1 atom stereocenters. The van der Waals surface area contributed by atoms with Crippen LogP contribution in [-0.2, 0) is 14.4 Å². The normalized spacial score (nSPS) is 12.8. The van der Waals surface area contributed by atoms with Gasteiger partial charge in [-0.2, -0.15) is 0 Å². The molecule has 0 bridgehead atoms. The van der Waals surface area contributed by atoms with E-state index >= 15 is 0 Å². The molecule has 0 saturated carbocycles. The number of rotatable bonds is 7. The Bertz CT molecular complexity index is 319. The first-order valence-electron chi connectivity index (χ1n) is 5.86. The van der Waals surface area contributed by atoms with E-state index in [9.17, 15) is 14.4 Å². The Hall–Kier alpha value is -1.59. The second kappa shape index (κ2) is 6.98. The van der Waals surface area contributed by atoms with Gasteiger partial charge in [0.2, 0.25) is 5.91 Å². The van der Waals surface area contributed by atoms with Crippen LogP contribution < -0.4 is 5.32 Å². The first-order chi connectivity index (χ1) is 8.11. The topological polar surface area (TPSA) is 104 Å². The van der Waals surface area contributed by atoms with Crippen LogP contribution in [0.5, 0.6) is 0 Å². The lowest BCUT2D eigenvalue weighted by atomic mass is 9.92. The highest BCUT2D eigenvalue weighted by Gasteiger charge is 2.22. The molecule has 18 heavy (non-hydrogen) atoms. The summed E-state index contributed by atoms with van der Waals surface area (Å²) in [6.07, 6.45) is 0.480. The quantitative estimate of drug-likeness (QED) is 0.638. The van der Waals surface area contributed by atoms with Crippen molar-refractivity contribution < 1.29 is 24.6 Å². The largest absolute Gasteiger partial charge is 0.481 e. The summed E-state index contributed by atoms with van der Waals surface area (Å²) >= 11 is 0. The molecule has 0 aliphatic carbocycles. The zero-order chi connectivity index (χ0) is 14.3. The molecule has 0 aromatic carbocycles. The molecule has 0 heterocycles. The van der Waals surface area contributed by atoms with Crippen LogP contribution in [0.25, 0.3) is 0 Å². The Kier molecular flexibility index (Phi) is 6.36. The Balaban J connectivity index is 4.23. The van der Waals surface area contributed by atoms with Crippen LogP contribution in [0.2, 0.25) is 0 Å². The molecule has 0 unspecified atom stereocenters. The fraction of sp³-hybridized carbons (Fsp3) is 0.750. The van der Waals surface area contributed by atoms with Crippen molar-refractivity contribution in [1.82, 2.24) is 5.32 Å². The Morgan fingerprint density at radius 1 is 1.17 bits per heavy atom. The van der Waals surface area contributed by atoms with E-state index in [1.807, 2.05) is 20.8 Å². The first-order valence-corrected chi connectivity index (χ1v) is 5.86. The molecule has 0 fully saturated rings. The lowest BCUT2D eigenvalue weighted by Gasteiger charge is -2.20. The van der Waals surface area contributed by atoms with Crippen LogP contribution in [0, 0.1) is 5.41 Å². The molecule has 104 valence electrons. The summed E-state index contributed by atoms with van der Waals surface area (Å²) in [5, 5.41) is 19.8. The van der Waals surface area contributed by atoms with Gasteiger partial charge in [0.25, 0.3) is 0 Å². The fourth-order valence-corrected chi connectivity index (χ4v) is 1.44. The molecule has 0 spiro atoms. The van der Waals surface area contributed by atoms with Gasteiger partial charge >= 0.3 is 11.9 Å². The van der Waals surface area contributed by atoms with Crippen molar-refractivity contribution in [1.29, 1.82) is 0 Å². The van der Waals surface area contributed by atoms with Crippen molar-refractivity contribution >= 4 is 17.8 Å².